The minimum atomic E-state index is -0.712. The number of halogens is 3. The fourth-order valence-electron chi connectivity index (χ4n) is 3.17. The van der Waals surface area contributed by atoms with Crippen LogP contribution >= 0.6 is 22.9 Å². The van der Waals surface area contributed by atoms with Gasteiger partial charge in [0.25, 0.3) is 0 Å². The Bertz CT molecular complexity index is 965. The molecule has 4 nitrogen and oxygen atoms in total. The number of nitrogens with zero attached hydrogens (tertiary/aromatic N) is 3. The molecule has 2 aromatic heterocycles. The molecule has 1 unspecified atom stereocenters. The van der Waals surface area contributed by atoms with E-state index in [0.29, 0.717) is 24.3 Å². The maximum absolute atomic E-state index is 14.4. The number of rotatable bonds is 2. The zero-order valence-corrected chi connectivity index (χ0v) is 15.3. The third-order valence-corrected chi connectivity index (χ3v) is 5.72. The Kier molecular flexibility index (Phi) is 4.77. The Morgan fingerprint density at radius 1 is 1.15 bits per heavy atom. The third-order valence-electron chi connectivity index (χ3n) is 4.53. The van der Waals surface area contributed by atoms with Crippen molar-refractivity contribution in [3.63, 3.8) is 0 Å². The van der Waals surface area contributed by atoms with Crippen molar-refractivity contribution in [2.75, 3.05) is 18.0 Å². The van der Waals surface area contributed by atoms with E-state index < -0.39 is 11.6 Å². The van der Waals surface area contributed by atoms with Gasteiger partial charge in [0.2, 0.25) is 0 Å². The molecule has 26 heavy (non-hydrogen) atoms. The lowest BCUT2D eigenvalue weighted by atomic mass is 10.2. The first-order valence-electron chi connectivity index (χ1n) is 8.36. The number of hydrogen-bond acceptors (Lipinski definition) is 5. The molecule has 1 aliphatic heterocycles. The van der Waals surface area contributed by atoms with Crippen molar-refractivity contribution in [3.8, 4) is 11.4 Å². The second-order valence-electron chi connectivity index (χ2n) is 6.32. The minimum Gasteiger partial charge on any atom is -0.393 e. The summed E-state index contributed by atoms with van der Waals surface area (Å²) in [6.07, 6.45) is 1.93. The van der Waals surface area contributed by atoms with Crippen LogP contribution in [0.5, 0.6) is 0 Å². The average Bonchev–Trinajstić information content (AvgIpc) is 2.98. The van der Waals surface area contributed by atoms with E-state index in [1.54, 1.807) is 0 Å². The van der Waals surface area contributed by atoms with Crippen LogP contribution in [0.3, 0.4) is 0 Å². The van der Waals surface area contributed by atoms with Gasteiger partial charge in [-0.25, -0.2) is 18.7 Å². The Morgan fingerprint density at radius 2 is 2.00 bits per heavy atom. The quantitative estimate of drug-likeness (QED) is 0.642. The molecule has 8 heteroatoms. The highest BCUT2D eigenvalue weighted by Gasteiger charge is 2.22. The van der Waals surface area contributed by atoms with Crippen LogP contribution in [0.15, 0.2) is 23.6 Å². The topological polar surface area (TPSA) is 49.2 Å². The second-order valence-corrected chi connectivity index (χ2v) is 7.65. The average molecular weight is 396 g/mol. The molecule has 1 atom stereocenters. The van der Waals surface area contributed by atoms with Crippen LogP contribution in [0, 0.1) is 11.6 Å². The molecule has 0 amide bonds. The molecule has 1 N–H and O–H groups in total. The molecular formula is C18H16ClF2N3OS. The smallest absolute Gasteiger partial charge is 0.165 e. The lowest BCUT2D eigenvalue weighted by Gasteiger charge is -2.22. The summed E-state index contributed by atoms with van der Waals surface area (Å²) >= 11 is 7.16. The summed E-state index contributed by atoms with van der Waals surface area (Å²) in [7, 11) is 0. The number of thiophene rings is 1. The van der Waals surface area contributed by atoms with Gasteiger partial charge in [-0.05, 0) is 42.8 Å². The van der Waals surface area contributed by atoms with Crippen molar-refractivity contribution in [1.29, 1.82) is 0 Å². The van der Waals surface area contributed by atoms with Gasteiger partial charge in [-0.2, -0.15) is 0 Å². The number of anilines is 1. The van der Waals surface area contributed by atoms with E-state index in [4.69, 9.17) is 11.6 Å². The second kappa shape index (κ2) is 7.06. The first kappa shape index (κ1) is 17.6. The first-order valence-corrected chi connectivity index (χ1v) is 9.62. The molecule has 1 fully saturated rings. The Morgan fingerprint density at radius 3 is 2.85 bits per heavy atom. The number of aliphatic hydroxyl groups excluding tert-OH is 1. The Balaban J connectivity index is 1.84. The van der Waals surface area contributed by atoms with Gasteiger partial charge in [0.1, 0.15) is 11.6 Å². The summed E-state index contributed by atoms with van der Waals surface area (Å²) in [5.41, 5.74) is 0.672. The molecule has 1 aromatic carbocycles. The fourth-order valence-corrected chi connectivity index (χ4v) is 4.17. The molecule has 1 aliphatic rings. The highest BCUT2D eigenvalue weighted by atomic mass is 35.5. The Labute approximate surface area is 158 Å². The van der Waals surface area contributed by atoms with Crippen LogP contribution in [0.4, 0.5) is 14.6 Å². The van der Waals surface area contributed by atoms with Crippen molar-refractivity contribution < 1.29 is 13.9 Å². The largest absolute Gasteiger partial charge is 0.393 e. The van der Waals surface area contributed by atoms with Gasteiger partial charge in [0.15, 0.2) is 11.6 Å². The highest BCUT2D eigenvalue weighted by Crippen LogP contribution is 2.34. The summed E-state index contributed by atoms with van der Waals surface area (Å²) in [5.74, 6) is -0.549. The van der Waals surface area contributed by atoms with Crippen LogP contribution in [0.25, 0.3) is 21.6 Å². The van der Waals surface area contributed by atoms with Gasteiger partial charge in [-0.15, -0.1) is 11.3 Å². The van der Waals surface area contributed by atoms with Crippen LogP contribution in [-0.4, -0.2) is 34.3 Å². The molecule has 0 spiro atoms. The van der Waals surface area contributed by atoms with E-state index in [2.05, 4.69) is 14.9 Å². The van der Waals surface area contributed by atoms with Crippen molar-refractivity contribution >= 4 is 39.0 Å². The molecule has 136 valence electrons. The summed E-state index contributed by atoms with van der Waals surface area (Å²) < 4.78 is 29.1. The highest BCUT2D eigenvalue weighted by molar-refractivity contribution is 7.17. The van der Waals surface area contributed by atoms with Gasteiger partial charge < -0.3 is 10.0 Å². The molecule has 4 rings (SSSR count). The molecule has 0 saturated carbocycles. The fraction of sp³-hybridized carbons (Fsp3) is 0.333. The van der Waals surface area contributed by atoms with Crippen LogP contribution < -0.4 is 4.90 Å². The van der Waals surface area contributed by atoms with Gasteiger partial charge >= 0.3 is 0 Å². The number of aliphatic hydroxyl groups is 1. The van der Waals surface area contributed by atoms with E-state index in [-0.39, 0.29) is 22.5 Å². The van der Waals surface area contributed by atoms with Gasteiger partial charge in [0.05, 0.1) is 26.9 Å². The van der Waals surface area contributed by atoms with Gasteiger partial charge in [0, 0.05) is 13.1 Å². The summed E-state index contributed by atoms with van der Waals surface area (Å²) in [4.78, 5) is 11.1. The number of hydrogen-bond donors (Lipinski definition) is 1. The number of aromatic nitrogens is 2. The van der Waals surface area contributed by atoms with Gasteiger partial charge in [-0.1, -0.05) is 11.6 Å². The van der Waals surface area contributed by atoms with Crippen LogP contribution in [0.1, 0.15) is 19.3 Å². The molecule has 3 aromatic rings. The van der Waals surface area contributed by atoms with Crippen molar-refractivity contribution in [1.82, 2.24) is 9.97 Å². The van der Waals surface area contributed by atoms with Crippen molar-refractivity contribution in [2.24, 2.45) is 0 Å². The van der Waals surface area contributed by atoms with Crippen LogP contribution in [0.2, 0.25) is 5.02 Å². The molecule has 1 saturated heterocycles. The number of fused-ring (bicyclic) bond motifs is 1. The zero-order chi connectivity index (χ0) is 18.3. The lowest BCUT2D eigenvalue weighted by Crippen LogP contribution is -2.26. The van der Waals surface area contributed by atoms with E-state index in [1.165, 1.54) is 11.3 Å². The van der Waals surface area contributed by atoms with E-state index in [0.717, 1.165) is 36.2 Å². The van der Waals surface area contributed by atoms with E-state index in [9.17, 15) is 13.9 Å². The summed E-state index contributed by atoms with van der Waals surface area (Å²) in [6, 6.07) is 3.81. The molecular weight excluding hydrogens is 380 g/mol. The zero-order valence-electron chi connectivity index (χ0n) is 13.8. The van der Waals surface area contributed by atoms with Crippen molar-refractivity contribution in [2.45, 2.75) is 25.4 Å². The monoisotopic (exact) mass is 395 g/mol. The van der Waals surface area contributed by atoms with Crippen LogP contribution in [-0.2, 0) is 0 Å². The molecule has 0 aliphatic carbocycles. The predicted octanol–water partition coefficient (Wildman–Crippen LogP) is 4.64. The Hall–Kier alpha value is -1.83. The van der Waals surface area contributed by atoms with E-state index >= 15 is 0 Å². The summed E-state index contributed by atoms with van der Waals surface area (Å²) in [6.45, 7) is 1.40. The summed E-state index contributed by atoms with van der Waals surface area (Å²) in [5, 5.41) is 11.5. The normalized spacial score (nSPS) is 18.3. The van der Waals surface area contributed by atoms with Crippen molar-refractivity contribution in [3.05, 3.63) is 40.2 Å². The SMILES string of the molecule is OC1CCCN(c2nc(-c3cc(F)c(Cl)cc3F)nc3ccsc23)CC1. The maximum Gasteiger partial charge on any atom is 0.165 e. The predicted molar refractivity (Wildman–Crippen MR) is 99.8 cm³/mol. The first-order chi connectivity index (χ1) is 12.5. The third kappa shape index (κ3) is 3.26. The maximum atomic E-state index is 14.4. The molecule has 0 radical (unpaired) electrons. The molecule has 3 heterocycles. The van der Waals surface area contributed by atoms with E-state index in [1.807, 2.05) is 11.4 Å². The molecule has 0 bridgehead atoms. The van der Waals surface area contributed by atoms with Gasteiger partial charge in [-0.3, -0.25) is 0 Å². The minimum absolute atomic E-state index is 0.0175. The standard InChI is InChI=1S/C18H16ClF2N3OS/c19-12-9-13(20)11(8-14(12)21)17-22-15-4-7-26-16(15)18(23-17)24-5-1-2-10(25)3-6-24/h4,7-10,25H,1-3,5-6H2. The number of benzene rings is 1. The lowest BCUT2D eigenvalue weighted by molar-refractivity contribution is 0.161.